The van der Waals surface area contributed by atoms with Gasteiger partial charge in [-0.2, -0.15) is 0 Å². The van der Waals surface area contributed by atoms with Crippen LogP contribution in [0.4, 0.5) is 5.82 Å². The van der Waals surface area contributed by atoms with Crippen LogP contribution in [0.3, 0.4) is 0 Å². The van der Waals surface area contributed by atoms with Crippen molar-refractivity contribution in [1.82, 2.24) is 30.2 Å². The lowest BCUT2D eigenvalue weighted by molar-refractivity contribution is 0.664. The number of hydrogen-bond donors (Lipinski definition) is 1. The fourth-order valence-corrected chi connectivity index (χ4v) is 2.22. The van der Waals surface area contributed by atoms with Gasteiger partial charge in [0.15, 0.2) is 0 Å². The summed E-state index contributed by atoms with van der Waals surface area (Å²) in [7, 11) is 1.81. The van der Waals surface area contributed by atoms with E-state index in [1.807, 2.05) is 20.0 Å². The van der Waals surface area contributed by atoms with Crippen molar-refractivity contribution in [3.8, 4) is 0 Å². The van der Waals surface area contributed by atoms with E-state index in [9.17, 15) is 0 Å². The van der Waals surface area contributed by atoms with E-state index in [1.165, 1.54) is 11.8 Å². The SMILES string of the molecule is CCCNc1cc(C)nc(CSc2nnnn2C)n1. The van der Waals surface area contributed by atoms with E-state index in [0.29, 0.717) is 5.75 Å². The van der Waals surface area contributed by atoms with Gasteiger partial charge in [-0.15, -0.1) is 5.10 Å². The highest BCUT2D eigenvalue weighted by molar-refractivity contribution is 7.98. The van der Waals surface area contributed by atoms with Crippen LogP contribution < -0.4 is 5.32 Å². The number of rotatable bonds is 6. The number of anilines is 1. The molecule has 2 heterocycles. The Hall–Kier alpha value is -1.70. The second-order valence-electron chi connectivity index (χ2n) is 4.11. The standard InChI is InChI=1S/C11H17N7S/c1-4-5-12-9-6-8(2)13-10(14-9)7-19-11-15-16-17-18(11)3/h6H,4-5,7H2,1-3H3,(H,12,13,14). The summed E-state index contributed by atoms with van der Waals surface area (Å²) in [4.78, 5) is 8.90. The Morgan fingerprint density at radius 1 is 1.37 bits per heavy atom. The van der Waals surface area contributed by atoms with Crippen LogP contribution in [0.25, 0.3) is 0 Å². The lowest BCUT2D eigenvalue weighted by Crippen LogP contribution is -2.05. The molecule has 2 aromatic rings. The molecule has 0 aliphatic heterocycles. The van der Waals surface area contributed by atoms with Crippen molar-refractivity contribution in [2.45, 2.75) is 31.2 Å². The molecule has 19 heavy (non-hydrogen) atoms. The number of nitrogens with one attached hydrogen (secondary N) is 1. The third-order valence-electron chi connectivity index (χ3n) is 2.37. The smallest absolute Gasteiger partial charge is 0.209 e. The Morgan fingerprint density at radius 3 is 2.89 bits per heavy atom. The summed E-state index contributed by atoms with van der Waals surface area (Å²) in [5, 5.41) is 15.3. The van der Waals surface area contributed by atoms with E-state index in [-0.39, 0.29) is 0 Å². The second-order valence-corrected chi connectivity index (χ2v) is 5.05. The van der Waals surface area contributed by atoms with Crippen molar-refractivity contribution in [2.24, 2.45) is 7.05 Å². The van der Waals surface area contributed by atoms with Gasteiger partial charge in [0.2, 0.25) is 5.16 Å². The minimum absolute atomic E-state index is 0.650. The summed E-state index contributed by atoms with van der Waals surface area (Å²) in [5.41, 5.74) is 0.959. The lowest BCUT2D eigenvalue weighted by Gasteiger charge is -2.07. The van der Waals surface area contributed by atoms with Gasteiger partial charge in [0.05, 0.1) is 5.75 Å². The van der Waals surface area contributed by atoms with Crippen LogP contribution in [0.1, 0.15) is 24.9 Å². The number of nitrogens with zero attached hydrogens (tertiary/aromatic N) is 6. The monoisotopic (exact) mass is 279 g/mol. The highest BCUT2D eigenvalue weighted by atomic mass is 32.2. The molecule has 0 atom stereocenters. The quantitative estimate of drug-likeness (QED) is 0.801. The first-order valence-electron chi connectivity index (χ1n) is 6.12. The van der Waals surface area contributed by atoms with Crippen LogP contribution in [0.2, 0.25) is 0 Å². The maximum Gasteiger partial charge on any atom is 0.209 e. The molecule has 8 heteroatoms. The van der Waals surface area contributed by atoms with Crippen LogP contribution in [0.15, 0.2) is 11.2 Å². The summed E-state index contributed by atoms with van der Waals surface area (Å²) < 4.78 is 1.64. The molecule has 0 aromatic carbocycles. The second kappa shape index (κ2) is 6.46. The first-order valence-corrected chi connectivity index (χ1v) is 7.11. The number of aromatic nitrogens is 6. The highest BCUT2D eigenvalue weighted by Gasteiger charge is 2.07. The summed E-state index contributed by atoms with van der Waals surface area (Å²) in [6, 6.07) is 1.95. The normalized spacial score (nSPS) is 10.7. The molecule has 0 unspecified atom stereocenters. The zero-order valence-corrected chi connectivity index (χ0v) is 12.1. The van der Waals surface area contributed by atoms with Gasteiger partial charge in [-0.05, 0) is 23.8 Å². The average Bonchev–Trinajstić information content (AvgIpc) is 2.79. The van der Waals surface area contributed by atoms with Gasteiger partial charge in [0.25, 0.3) is 0 Å². The van der Waals surface area contributed by atoms with Gasteiger partial charge < -0.3 is 5.32 Å². The third-order valence-corrected chi connectivity index (χ3v) is 3.37. The van der Waals surface area contributed by atoms with E-state index in [2.05, 4.69) is 37.7 Å². The maximum atomic E-state index is 4.48. The summed E-state index contributed by atoms with van der Waals surface area (Å²) in [6.07, 6.45) is 1.07. The summed E-state index contributed by atoms with van der Waals surface area (Å²) in [6.45, 7) is 5.01. The molecule has 0 radical (unpaired) electrons. The molecular formula is C11H17N7S. The van der Waals surface area contributed by atoms with E-state index < -0.39 is 0 Å². The summed E-state index contributed by atoms with van der Waals surface area (Å²) in [5.74, 6) is 2.31. The summed E-state index contributed by atoms with van der Waals surface area (Å²) >= 11 is 1.52. The molecule has 1 N–H and O–H groups in total. The Balaban J connectivity index is 2.03. The fraction of sp³-hybridized carbons (Fsp3) is 0.545. The van der Waals surface area contributed by atoms with Crippen LogP contribution in [-0.2, 0) is 12.8 Å². The van der Waals surface area contributed by atoms with E-state index >= 15 is 0 Å². The van der Waals surface area contributed by atoms with Gasteiger partial charge in [-0.1, -0.05) is 18.7 Å². The van der Waals surface area contributed by atoms with Crippen LogP contribution in [-0.4, -0.2) is 36.7 Å². The van der Waals surface area contributed by atoms with Crippen molar-refractivity contribution in [3.05, 3.63) is 17.6 Å². The number of aryl methyl sites for hydroxylation is 2. The third kappa shape index (κ3) is 3.88. The van der Waals surface area contributed by atoms with Crippen molar-refractivity contribution >= 4 is 17.6 Å². The molecule has 0 saturated carbocycles. The van der Waals surface area contributed by atoms with Crippen molar-refractivity contribution in [1.29, 1.82) is 0 Å². The molecule has 0 amide bonds. The predicted molar refractivity (Wildman–Crippen MR) is 73.9 cm³/mol. The van der Waals surface area contributed by atoms with Gasteiger partial charge in [0, 0.05) is 25.4 Å². The number of tetrazole rings is 1. The topological polar surface area (TPSA) is 81.4 Å². The number of hydrogen-bond acceptors (Lipinski definition) is 7. The maximum absolute atomic E-state index is 4.48. The van der Waals surface area contributed by atoms with Crippen LogP contribution >= 0.6 is 11.8 Å². The molecule has 0 spiro atoms. The minimum atomic E-state index is 0.650. The van der Waals surface area contributed by atoms with Crippen LogP contribution in [0.5, 0.6) is 0 Å². The largest absolute Gasteiger partial charge is 0.370 e. The molecule has 2 rings (SSSR count). The first-order chi connectivity index (χ1) is 9.19. The Kier molecular flexibility index (Phi) is 4.67. The van der Waals surface area contributed by atoms with Gasteiger partial charge >= 0.3 is 0 Å². The van der Waals surface area contributed by atoms with Gasteiger partial charge in [0.1, 0.15) is 11.6 Å². The molecule has 102 valence electrons. The minimum Gasteiger partial charge on any atom is -0.370 e. The Bertz CT molecular complexity index is 540. The van der Waals surface area contributed by atoms with Crippen molar-refractivity contribution in [2.75, 3.05) is 11.9 Å². The molecular weight excluding hydrogens is 262 g/mol. The van der Waals surface area contributed by atoms with Gasteiger partial charge in [-0.3, -0.25) is 0 Å². The molecule has 2 aromatic heterocycles. The van der Waals surface area contributed by atoms with E-state index in [1.54, 1.807) is 4.68 Å². The zero-order chi connectivity index (χ0) is 13.7. The predicted octanol–water partition coefficient (Wildman–Crippen LogP) is 1.42. The molecule has 0 saturated heterocycles. The molecule has 0 aliphatic rings. The zero-order valence-electron chi connectivity index (χ0n) is 11.3. The first kappa shape index (κ1) is 13.7. The Labute approximate surface area is 116 Å². The molecule has 0 bridgehead atoms. The Morgan fingerprint density at radius 2 is 2.21 bits per heavy atom. The molecule has 7 nitrogen and oxygen atoms in total. The van der Waals surface area contributed by atoms with Crippen LogP contribution in [0, 0.1) is 6.92 Å². The average molecular weight is 279 g/mol. The van der Waals surface area contributed by atoms with Gasteiger partial charge in [-0.25, -0.2) is 14.6 Å². The number of thioether (sulfide) groups is 1. The van der Waals surface area contributed by atoms with Crippen molar-refractivity contribution in [3.63, 3.8) is 0 Å². The van der Waals surface area contributed by atoms with E-state index in [4.69, 9.17) is 0 Å². The van der Waals surface area contributed by atoms with Crippen molar-refractivity contribution < 1.29 is 0 Å². The lowest BCUT2D eigenvalue weighted by atomic mass is 10.4. The highest BCUT2D eigenvalue weighted by Crippen LogP contribution is 2.18. The molecule has 0 fully saturated rings. The molecule has 0 aliphatic carbocycles. The van der Waals surface area contributed by atoms with E-state index in [0.717, 1.165) is 35.5 Å². The fourth-order valence-electron chi connectivity index (χ4n) is 1.51.